The minimum Gasteiger partial charge on any atom is -0.487 e. The van der Waals surface area contributed by atoms with E-state index in [1.165, 1.54) is 7.11 Å². The molecule has 5 aromatic rings. The first-order valence-electron chi connectivity index (χ1n) is 11.2. The van der Waals surface area contributed by atoms with Crippen LogP contribution in [0.2, 0.25) is 0 Å². The molecule has 5 rings (SSSR count). The van der Waals surface area contributed by atoms with Crippen LogP contribution in [0.1, 0.15) is 38.6 Å². The molecular formula is C27H23N5O3. The van der Waals surface area contributed by atoms with Crippen LogP contribution in [0.4, 0.5) is 0 Å². The summed E-state index contributed by atoms with van der Waals surface area (Å²) in [5.74, 6) is 1.01. The molecule has 0 aliphatic rings. The van der Waals surface area contributed by atoms with E-state index in [-0.39, 0.29) is 5.97 Å². The zero-order valence-electron chi connectivity index (χ0n) is 19.1. The van der Waals surface area contributed by atoms with Crippen LogP contribution in [-0.4, -0.2) is 38.7 Å². The number of rotatable bonds is 8. The van der Waals surface area contributed by atoms with Gasteiger partial charge in [0.25, 0.3) is 0 Å². The van der Waals surface area contributed by atoms with Crippen molar-refractivity contribution in [3.63, 3.8) is 0 Å². The Morgan fingerprint density at radius 3 is 2.54 bits per heavy atom. The van der Waals surface area contributed by atoms with Gasteiger partial charge in [-0.3, -0.25) is 0 Å². The molecule has 174 valence electrons. The summed E-state index contributed by atoms with van der Waals surface area (Å²) in [6, 6.07) is 25.6. The number of ether oxygens (including phenoxy) is 2. The van der Waals surface area contributed by atoms with E-state index in [2.05, 4.69) is 31.7 Å². The number of hydrogen-bond acceptors (Lipinski definition) is 7. The van der Waals surface area contributed by atoms with Crippen LogP contribution in [0.15, 0.2) is 78.9 Å². The van der Waals surface area contributed by atoms with Gasteiger partial charge in [0.1, 0.15) is 12.4 Å². The molecule has 0 aliphatic heterocycles. The van der Waals surface area contributed by atoms with Crippen molar-refractivity contribution < 1.29 is 14.3 Å². The molecule has 2 aromatic heterocycles. The van der Waals surface area contributed by atoms with Crippen LogP contribution < -0.4 is 4.74 Å². The number of pyridine rings is 1. The predicted octanol–water partition coefficient (Wildman–Crippen LogP) is 4.30. The van der Waals surface area contributed by atoms with Gasteiger partial charge < -0.3 is 9.47 Å². The average Bonchev–Trinajstić information content (AvgIpc) is 3.41. The lowest BCUT2D eigenvalue weighted by atomic mass is 9.96. The van der Waals surface area contributed by atoms with Crippen molar-refractivity contribution in [1.82, 2.24) is 25.6 Å². The largest absolute Gasteiger partial charge is 0.487 e. The van der Waals surface area contributed by atoms with Crippen molar-refractivity contribution in [3.8, 4) is 5.75 Å². The number of carbonyl (C=O) groups is 1. The van der Waals surface area contributed by atoms with Crippen molar-refractivity contribution in [3.05, 3.63) is 113 Å². The number of esters is 1. The molecule has 2 heterocycles. The van der Waals surface area contributed by atoms with Crippen molar-refractivity contribution in [2.24, 2.45) is 0 Å². The van der Waals surface area contributed by atoms with E-state index >= 15 is 0 Å². The second-order valence-electron chi connectivity index (χ2n) is 8.11. The smallest absolute Gasteiger partial charge is 0.338 e. The molecule has 8 nitrogen and oxygen atoms in total. The highest BCUT2D eigenvalue weighted by Crippen LogP contribution is 2.21. The van der Waals surface area contributed by atoms with E-state index in [9.17, 15) is 4.79 Å². The molecule has 3 aromatic carbocycles. The summed E-state index contributed by atoms with van der Waals surface area (Å²) in [4.78, 5) is 17.1. The Labute approximate surface area is 201 Å². The molecule has 0 saturated heterocycles. The van der Waals surface area contributed by atoms with E-state index in [1.54, 1.807) is 0 Å². The topological polar surface area (TPSA) is 103 Å². The summed E-state index contributed by atoms with van der Waals surface area (Å²) in [5.41, 5.74) is 5.20. The fraction of sp³-hybridized carbons (Fsp3) is 0.148. The standard InChI is InChI=1S/C27H23N5O3/c1-34-27(33)24-15-19(16-26-29-31-32-30-26)6-9-21(24)14-18-7-12-23(13-8-18)35-17-22-11-10-20-4-2-3-5-25(20)28-22/h2-13,15H,14,16-17H2,1H3,(H,29,30,31,32). The monoisotopic (exact) mass is 465 g/mol. The lowest BCUT2D eigenvalue weighted by molar-refractivity contribution is 0.0599. The Bertz CT molecular complexity index is 1450. The van der Waals surface area contributed by atoms with Gasteiger partial charge >= 0.3 is 5.97 Å². The number of para-hydroxylation sites is 1. The van der Waals surface area contributed by atoms with E-state index in [0.29, 0.717) is 30.8 Å². The van der Waals surface area contributed by atoms with Gasteiger partial charge in [-0.2, -0.15) is 0 Å². The Hall–Kier alpha value is -4.59. The van der Waals surface area contributed by atoms with Crippen LogP contribution in [0.25, 0.3) is 10.9 Å². The second kappa shape index (κ2) is 10.1. The van der Waals surface area contributed by atoms with E-state index in [0.717, 1.165) is 39.0 Å². The molecule has 8 heteroatoms. The molecule has 1 N–H and O–H groups in total. The Morgan fingerprint density at radius 2 is 1.74 bits per heavy atom. The number of fused-ring (bicyclic) bond motifs is 1. The summed E-state index contributed by atoms with van der Waals surface area (Å²) >= 11 is 0. The van der Waals surface area contributed by atoms with E-state index < -0.39 is 0 Å². The zero-order chi connectivity index (χ0) is 24.0. The first-order valence-corrected chi connectivity index (χ1v) is 11.2. The molecule has 35 heavy (non-hydrogen) atoms. The molecule has 0 unspecified atom stereocenters. The summed E-state index contributed by atoms with van der Waals surface area (Å²) < 4.78 is 10.9. The SMILES string of the molecule is COC(=O)c1cc(Cc2nnn[nH]2)ccc1Cc1ccc(OCc2ccc3ccccc3n2)cc1. The summed E-state index contributed by atoms with van der Waals surface area (Å²) in [5, 5.41) is 14.9. The number of nitrogens with one attached hydrogen (secondary N) is 1. The molecular weight excluding hydrogens is 442 g/mol. The number of benzene rings is 3. The van der Waals surface area contributed by atoms with Gasteiger partial charge in [0.15, 0.2) is 5.82 Å². The summed E-state index contributed by atoms with van der Waals surface area (Å²) in [6.07, 6.45) is 1.08. The van der Waals surface area contributed by atoms with Crippen LogP contribution in [-0.2, 0) is 24.2 Å². The number of hydrogen-bond donors (Lipinski definition) is 1. The predicted molar refractivity (Wildman–Crippen MR) is 130 cm³/mol. The van der Waals surface area contributed by atoms with Gasteiger partial charge in [-0.05, 0) is 63.9 Å². The van der Waals surface area contributed by atoms with Crippen LogP contribution in [0, 0.1) is 0 Å². The first kappa shape index (κ1) is 22.2. The minimum absolute atomic E-state index is 0.375. The number of nitrogens with zero attached hydrogens (tertiary/aromatic N) is 4. The van der Waals surface area contributed by atoms with Crippen LogP contribution in [0.5, 0.6) is 5.75 Å². The van der Waals surface area contributed by atoms with Gasteiger partial charge in [-0.1, -0.05) is 48.5 Å². The normalized spacial score (nSPS) is 10.9. The third-order valence-electron chi connectivity index (χ3n) is 5.70. The minimum atomic E-state index is -0.375. The molecule has 0 fully saturated rings. The summed E-state index contributed by atoms with van der Waals surface area (Å²) in [7, 11) is 1.38. The van der Waals surface area contributed by atoms with Gasteiger partial charge in [-0.15, -0.1) is 5.10 Å². The van der Waals surface area contributed by atoms with Crippen LogP contribution >= 0.6 is 0 Å². The highest BCUT2D eigenvalue weighted by atomic mass is 16.5. The van der Waals surface area contributed by atoms with Gasteiger partial charge in [-0.25, -0.2) is 14.9 Å². The van der Waals surface area contributed by atoms with Gasteiger partial charge in [0.2, 0.25) is 0 Å². The fourth-order valence-electron chi connectivity index (χ4n) is 3.90. The molecule has 0 saturated carbocycles. The van der Waals surface area contributed by atoms with E-state index in [1.807, 2.05) is 72.8 Å². The lowest BCUT2D eigenvalue weighted by Crippen LogP contribution is -2.08. The quantitative estimate of drug-likeness (QED) is 0.341. The van der Waals surface area contributed by atoms with E-state index in [4.69, 9.17) is 9.47 Å². The van der Waals surface area contributed by atoms with Gasteiger partial charge in [0.05, 0.1) is 23.9 Å². The highest BCUT2D eigenvalue weighted by Gasteiger charge is 2.14. The first-order chi connectivity index (χ1) is 17.2. The fourth-order valence-corrected chi connectivity index (χ4v) is 3.90. The number of carbonyl (C=O) groups excluding carboxylic acids is 1. The summed E-state index contributed by atoms with van der Waals surface area (Å²) in [6.45, 7) is 0.388. The third-order valence-corrected chi connectivity index (χ3v) is 5.70. The van der Waals surface area contributed by atoms with Crippen molar-refractivity contribution in [1.29, 1.82) is 0 Å². The number of aromatic nitrogens is 5. The third kappa shape index (κ3) is 5.33. The van der Waals surface area contributed by atoms with Crippen molar-refractivity contribution in [2.75, 3.05) is 7.11 Å². The molecule has 0 spiro atoms. The second-order valence-corrected chi connectivity index (χ2v) is 8.11. The van der Waals surface area contributed by atoms with Crippen molar-refractivity contribution in [2.45, 2.75) is 19.4 Å². The number of aromatic amines is 1. The maximum Gasteiger partial charge on any atom is 0.338 e. The molecule has 0 radical (unpaired) electrons. The zero-order valence-corrected chi connectivity index (χ0v) is 19.1. The Kier molecular flexibility index (Phi) is 6.43. The average molecular weight is 466 g/mol. The molecule has 0 bridgehead atoms. The Balaban J connectivity index is 1.27. The highest BCUT2D eigenvalue weighted by molar-refractivity contribution is 5.91. The number of H-pyrrole nitrogens is 1. The van der Waals surface area contributed by atoms with Gasteiger partial charge in [0, 0.05) is 11.8 Å². The molecule has 0 amide bonds. The van der Waals surface area contributed by atoms with Crippen LogP contribution in [0.3, 0.4) is 0 Å². The molecule has 0 atom stereocenters. The maximum absolute atomic E-state index is 12.4. The lowest BCUT2D eigenvalue weighted by Gasteiger charge is -2.11. The number of tetrazole rings is 1. The maximum atomic E-state index is 12.4. The number of methoxy groups -OCH3 is 1. The Morgan fingerprint density at radius 1 is 0.914 bits per heavy atom. The van der Waals surface area contributed by atoms with Crippen molar-refractivity contribution >= 4 is 16.9 Å². The molecule has 0 aliphatic carbocycles.